The number of fused-ring (bicyclic) bond motifs is 1. The van der Waals surface area contributed by atoms with Crippen molar-refractivity contribution in [2.45, 2.75) is 37.6 Å². The summed E-state index contributed by atoms with van der Waals surface area (Å²) in [6, 6.07) is 6.20. The summed E-state index contributed by atoms with van der Waals surface area (Å²) in [7, 11) is 1.70. The number of likely N-dealkylation sites (tertiary alicyclic amines) is 1. The first-order valence-corrected chi connectivity index (χ1v) is 8.07. The van der Waals surface area contributed by atoms with Gasteiger partial charge in [0.25, 0.3) is 0 Å². The van der Waals surface area contributed by atoms with E-state index in [1.54, 1.807) is 7.11 Å². The number of para-hydroxylation sites is 1. The molecule has 0 aromatic heterocycles. The Balaban J connectivity index is 2.08. The molecule has 1 atom stereocenters. The second-order valence-corrected chi connectivity index (χ2v) is 6.07. The van der Waals surface area contributed by atoms with Gasteiger partial charge in [0.15, 0.2) is 11.5 Å². The molecule has 0 saturated carbocycles. The van der Waals surface area contributed by atoms with Crippen molar-refractivity contribution in [3.05, 3.63) is 23.8 Å². The van der Waals surface area contributed by atoms with Crippen LogP contribution in [0.1, 0.15) is 37.7 Å². The van der Waals surface area contributed by atoms with Crippen LogP contribution in [0.5, 0.6) is 11.5 Å². The maximum absolute atomic E-state index is 6.31. The molecule has 1 aromatic carbocycles. The van der Waals surface area contributed by atoms with E-state index in [0.717, 1.165) is 44.0 Å². The molecule has 0 amide bonds. The zero-order chi connectivity index (χ0) is 14.7. The van der Waals surface area contributed by atoms with Crippen LogP contribution in [-0.2, 0) is 5.54 Å². The van der Waals surface area contributed by atoms with Crippen LogP contribution < -0.4 is 15.2 Å². The number of hydrogen-bond donors (Lipinski definition) is 1. The lowest BCUT2D eigenvalue weighted by Crippen LogP contribution is -2.53. The number of ether oxygens (including phenoxy) is 2. The molecule has 0 aliphatic carbocycles. The summed E-state index contributed by atoms with van der Waals surface area (Å²) < 4.78 is 11.5. The highest BCUT2D eigenvalue weighted by Gasteiger charge is 2.41. The number of nitrogens with two attached hydrogens (primary N) is 1. The van der Waals surface area contributed by atoms with E-state index in [9.17, 15) is 0 Å². The topological polar surface area (TPSA) is 47.7 Å². The van der Waals surface area contributed by atoms with E-state index >= 15 is 0 Å². The Hall–Kier alpha value is -1.26. The number of hydrogen-bond acceptors (Lipinski definition) is 4. The molecule has 2 aliphatic rings. The fourth-order valence-corrected chi connectivity index (χ4v) is 3.86. The Morgan fingerprint density at radius 3 is 2.76 bits per heavy atom. The summed E-state index contributed by atoms with van der Waals surface area (Å²) in [6.45, 7) is 3.64. The lowest BCUT2D eigenvalue weighted by atomic mass is 9.82. The van der Waals surface area contributed by atoms with Crippen LogP contribution >= 0.6 is 0 Å². The van der Waals surface area contributed by atoms with E-state index in [1.165, 1.54) is 24.8 Å². The fraction of sp³-hybridized carbons (Fsp3) is 0.647. The summed E-state index contributed by atoms with van der Waals surface area (Å²) in [4.78, 5) is 2.59. The second kappa shape index (κ2) is 6.24. The molecule has 1 fully saturated rings. The molecule has 0 spiro atoms. The average Bonchev–Trinajstić information content (AvgIpc) is 2.75. The summed E-state index contributed by atoms with van der Waals surface area (Å²) in [5, 5.41) is 0. The van der Waals surface area contributed by atoms with E-state index in [2.05, 4.69) is 17.0 Å². The molecular weight excluding hydrogens is 264 g/mol. The van der Waals surface area contributed by atoms with Gasteiger partial charge in [0.1, 0.15) is 0 Å². The monoisotopic (exact) mass is 290 g/mol. The summed E-state index contributed by atoms with van der Waals surface area (Å²) in [5.74, 6) is 1.72. The van der Waals surface area contributed by atoms with Crippen LogP contribution in [0, 0.1) is 0 Å². The van der Waals surface area contributed by atoms with E-state index < -0.39 is 0 Å². The summed E-state index contributed by atoms with van der Waals surface area (Å²) in [5.41, 5.74) is 7.42. The highest BCUT2D eigenvalue weighted by molar-refractivity contribution is 5.50. The van der Waals surface area contributed by atoms with Crippen molar-refractivity contribution in [3.8, 4) is 11.5 Å². The Morgan fingerprint density at radius 1 is 1.24 bits per heavy atom. The first-order chi connectivity index (χ1) is 10.3. The van der Waals surface area contributed by atoms with Crippen LogP contribution in [0.2, 0.25) is 0 Å². The summed E-state index contributed by atoms with van der Waals surface area (Å²) >= 11 is 0. The number of rotatable bonds is 3. The standard InChI is InChI=1S/C17H26N2O2/c1-20-15-8-5-7-14-16(15)21-12-6-9-17(14,13-18)19-10-3-2-4-11-19/h5,7-8H,2-4,6,9-13,18H2,1H3. The molecular formula is C17H26N2O2. The molecule has 3 rings (SSSR count). The first-order valence-electron chi connectivity index (χ1n) is 8.07. The van der Waals surface area contributed by atoms with Gasteiger partial charge in [0, 0.05) is 12.1 Å². The maximum Gasteiger partial charge on any atom is 0.166 e. The number of benzene rings is 1. The van der Waals surface area contributed by atoms with E-state index in [1.807, 2.05) is 6.07 Å². The van der Waals surface area contributed by atoms with Gasteiger partial charge in [-0.3, -0.25) is 4.90 Å². The van der Waals surface area contributed by atoms with Gasteiger partial charge < -0.3 is 15.2 Å². The van der Waals surface area contributed by atoms with E-state index in [0.29, 0.717) is 6.54 Å². The van der Waals surface area contributed by atoms with Crippen LogP contribution in [0.3, 0.4) is 0 Å². The molecule has 2 aliphatic heterocycles. The molecule has 4 nitrogen and oxygen atoms in total. The Labute approximate surface area is 127 Å². The van der Waals surface area contributed by atoms with Crippen LogP contribution in [0.25, 0.3) is 0 Å². The number of methoxy groups -OCH3 is 1. The van der Waals surface area contributed by atoms with E-state index in [-0.39, 0.29) is 5.54 Å². The second-order valence-electron chi connectivity index (χ2n) is 6.07. The van der Waals surface area contributed by atoms with Gasteiger partial charge in [-0.05, 0) is 44.8 Å². The third-order valence-electron chi connectivity index (χ3n) is 4.98. The molecule has 1 unspecified atom stereocenters. The highest BCUT2D eigenvalue weighted by atomic mass is 16.5. The minimum Gasteiger partial charge on any atom is -0.493 e. The smallest absolute Gasteiger partial charge is 0.166 e. The zero-order valence-electron chi connectivity index (χ0n) is 12.9. The normalized spacial score (nSPS) is 26.6. The molecule has 1 saturated heterocycles. The van der Waals surface area contributed by atoms with Gasteiger partial charge in [-0.15, -0.1) is 0 Å². The van der Waals surface area contributed by atoms with Crippen LogP contribution in [0.15, 0.2) is 18.2 Å². The minimum atomic E-state index is -0.0964. The largest absolute Gasteiger partial charge is 0.493 e. The van der Waals surface area contributed by atoms with Crippen LogP contribution in [0.4, 0.5) is 0 Å². The average molecular weight is 290 g/mol. The Kier molecular flexibility index (Phi) is 4.36. The Bertz CT molecular complexity index is 486. The molecule has 0 radical (unpaired) electrons. The third-order valence-corrected chi connectivity index (χ3v) is 4.98. The maximum atomic E-state index is 6.31. The predicted molar refractivity (Wildman–Crippen MR) is 83.9 cm³/mol. The third kappa shape index (κ3) is 2.51. The van der Waals surface area contributed by atoms with Gasteiger partial charge in [0.2, 0.25) is 0 Å². The lowest BCUT2D eigenvalue weighted by molar-refractivity contribution is 0.0624. The van der Waals surface area contributed by atoms with Crippen molar-refractivity contribution in [1.82, 2.24) is 4.90 Å². The molecule has 21 heavy (non-hydrogen) atoms. The van der Waals surface area contributed by atoms with Gasteiger partial charge in [-0.1, -0.05) is 18.6 Å². The van der Waals surface area contributed by atoms with Gasteiger partial charge in [-0.2, -0.15) is 0 Å². The zero-order valence-corrected chi connectivity index (χ0v) is 12.9. The quantitative estimate of drug-likeness (QED) is 0.929. The molecule has 116 valence electrons. The predicted octanol–water partition coefficient (Wildman–Crippen LogP) is 2.51. The van der Waals surface area contributed by atoms with Crippen molar-refractivity contribution in [2.75, 3.05) is 33.4 Å². The van der Waals surface area contributed by atoms with Crippen LogP contribution in [-0.4, -0.2) is 38.3 Å². The molecule has 0 bridgehead atoms. The van der Waals surface area contributed by atoms with E-state index in [4.69, 9.17) is 15.2 Å². The van der Waals surface area contributed by atoms with Crippen molar-refractivity contribution in [2.24, 2.45) is 5.73 Å². The van der Waals surface area contributed by atoms with Gasteiger partial charge >= 0.3 is 0 Å². The van der Waals surface area contributed by atoms with Crippen molar-refractivity contribution >= 4 is 0 Å². The molecule has 2 N–H and O–H groups in total. The lowest BCUT2D eigenvalue weighted by Gasteiger charge is -2.45. The SMILES string of the molecule is COc1cccc2c1OCCCC2(CN)N1CCCCC1. The van der Waals surface area contributed by atoms with Crippen molar-refractivity contribution < 1.29 is 9.47 Å². The first kappa shape index (κ1) is 14.7. The van der Waals surface area contributed by atoms with Crippen molar-refractivity contribution in [3.63, 3.8) is 0 Å². The molecule has 2 heterocycles. The van der Waals surface area contributed by atoms with Crippen molar-refractivity contribution in [1.29, 1.82) is 0 Å². The number of nitrogens with zero attached hydrogens (tertiary/aromatic N) is 1. The Morgan fingerprint density at radius 2 is 2.05 bits per heavy atom. The molecule has 1 aromatic rings. The fourth-order valence-electron chi connectivity index (χ4n) is 3.86. The van der Waals surface area contributed by atoms with Gasteiger partial charge in [0.05, 0.1) is 19.3 Å². The summed E-state index contributed by atoms with van der Waals surface area (Å²) in [6.07, 6.45) is 5.96. The highest BCUT2D eigenvalue weighted by Crippen LogP contribution is 2.45. The number of piperidine rings is 1. The van der Waals surface area contributed by atoms with Gasteiger partial charge in [-0.25, -0.2) is 0 Å². The molecule has 4 heteroatoms. The minimum absolute atomic E-state index is 0.0964.